The van der Waals surface area contributed by atoms with Crippen LogP contribution >= 0.6 is 11.8 Å². The molecule has 1 heterocycles. The summed E-state index contributed by atoms with van der Waals surface area (Å²) in [7, 11) is 0. The van der Waals surface area contributed by atoms with Crippen molar-refractivity contribution in [2.24, 2.45) is 5.92 Å². The van der Waals surface area contributed by atoms with Crippen molar-refractivity contribution in [2.75, 3.05) is 11.5 Å². The van der Waals surface area contributed by atoms with Gasteiger partial charge >= 0.3 is 0 Å². The molecule has 0 N–H and O–H groups in total. The van der Waals surface area contributed by atoms with E-state index in [1.807, 2.05) is 11.8 Å². The molecule has 1 fully saturated rings. The Kier molecular flexibility index (Phi) is 3.38. The number of carbonyl (C=O) groups excluding carboxylic acids is 1. The van der Waals surface area contributed by atoms with E-state index in [1.165, 1.54) is 5.56 Å². The maximum atomic E-state index is 12.4. The zero-order valence-corrected chi connectivity index (χ0v) is 11.0. The van der Waals surface area contributed by atoms with Gasteiger partial charge in [-0.1, -0.05) is 17.7 Å². The van der Waals surface area contributed by atoms with Gasteiger partial charge in [0.15, 0.2) is 5.78 Å². The fourth-order valence-corrected chi connectivity index (χ4v) is 3.73. The average Bonchev–Trinajstić information content (AvgIpc) is 2.67. The van der Waals surface area contributed by atoms with Crippen molar-refractivity contribution in [3.63, 3.8) is 0 Å². The molecular weight excluding hydrogens is 216 g/mol. The molecule has 0 saturated carbocycles. The van der Waals surface area contributed by atoms with E-state index >= 15 is 0 Å². The molecule has 1 aromatic rings. The van der Waals surface area contributed by atoms with Crippen LogP contribution in [0.5, 0.6) is 0 Å². The van der Waals surface area contributed by atoms with Gasteiger partial charge in [-0.25, -0.2) is 0 Å². The van der Waals surface area contributed by atoms with Gasteiger partial charge in [0, 0.05) is 17.2 Å². The van der Waals surface area contributed by atoms with E-state index in [4.69, 9.17) is 0 Å². The van der Waals surface area contributed by atoms with Gasteiger partial charge in [0.2, 0.25) is 0 Å². The van der Waals surface area contributed by atoms with Gasteiger partial charge in [0.05, 0.1) is 0 Å². The number of hydrogen-bond acceptors (Lipinski definition) is 2. The van der Waals surface area contributed by atoms with Crippen molar-refractivity contribution in [2.45, 2.75) is 27.2 Å². The van der Waals surface area contributed by atoms with Crippen LogP contribution in [0.1, 0.15) is 33.5 Å². The predicted molar refractivity (Wildman–Crippen MR) is 70.4 cm³/mol. The fraction of sp³-hybridized carbons (Fsp3) is 0.500. The van der Waals surface area contributed by atoms with E-state index < -0.39 is 0 Å². The number of Topliss-reactive ketones (excluding diaryl/α,β-unsaturated/α-hetero) is 1. The summed E-state index contributed by atoms with van der Waals surface area (Å²) in [6.45, 7) is 6.18. The molecule has 0 radical (unpaired) electrons. The molecule has 1 aromatic carbocycles. The van der Waals surface area contributed by atoms with Crippen LogP contribution in [0.25, 0.3) is 0 Å². The van der Waals surface area contributed by atoms with Gasteiger partial charge in [-0.05, 0) is 44.1 Å². The summed E-state index contributed by atoms with van der Waals surface area (Å²) in [5.41, 5.74) is 4.49. The van der Waals surface area contributed by atoms with Crippen LogP contribution in [0.3, 0.4) is 0 Å². The van der Waals surface area contributed by atoms with E-state index in [1.54, 1.807) is 0 Å². The molecule has 2 heteroatoms. The lowest BCUT2D eigenvalue weighted by molar-refractivity contribution is 0.0932. The molecule has 16 heavy (non-hydrogen) atoms. The van der Waals surface area contributed by atoms with Crippen LogP contribution in [-0.2, 0) is 0 Å². The van der Waals surface area contributed by atoms with Gasteiger partial charge in [-0.2, -0.15) is 11.8 Å². The Bertz CT molecular complexity index is 394. The van der Waals surface area contributed by atoms with Crippen molar-refractivity contribution in [3.05, 3.63) is 34.4 Å². The van der Waals surface area contributed by atoms with Crippen molar-refractivity contribution in [1.82, 2.24) is 0 Å². The van der Waals surface area contributed by atoms with E-state index in [0.29, 0.717) is 5.78 Å². The Morgan fingerprint density at radius 2 is 1.88 bits per heavy atom. The van der Waals surface area contributed by atoms with Crippen LogP contribution in [0, 0.1) is 26.7 Å². The topological polar surface area (TPSA) is 17.1 Å². The highest BCUT2D eigenvalue weighted by atomic mass is 32.2. The first-order valence-corrected chi connectivity index (χ1v) is 6.95. The smallest absolute Gasteiger partial charge is 0.167 e. The predicted octanol–water partition coefficient (Wildman–Crippen LogP) is 3.55. The van der Waals surface area contributed by atoms with Crippen molar-refractivity contribution < 1.29 is 4.79 Å². The summed E-state index contributed by atoms with van der Waals surface area (Å²) in [6.07, 6.45) is 1.05. The summed E-state index contributed by atoms with van der Waals surface area (Å²) >= 11 is 1.90. The Balaban J connectivity index is 2.35. The minimum atomic E-state index is 0.255. The van der Waals surface area contributed by atoms with Crippen LogP contribution in [0.4, 0.5) is 0 Å². The maximum Gasteiger partial charge on any atom is 0.167 e. The molecule has 1 atom stereocenters. The Morgan fingerprint density at radius 3 is 2.38 bits per heavy atom. The number of thioether (sulfide) groups is 1. The standard InChI is InChI=1S/C14H18OS/c1-9-6-10(2)13(11(3)7-9)14(15)12-4-5-16-8-12/h6-7,12H,4-5,8H2,1-3H3. The molecule has 0 spiro atoms. The first kappa shape index (κ1) is 11.7. The van der Waals surface area contributed by atoms with Crippen molar-refractivity contribution in [1.29, 1.82) is 0 Å². The van der Waals surface area contributed by atoms with Crippen LogP contribution in [0.2, 0.25) is 0 Å². The third kappa shape index (κ3) is 2.17. The summed E-state index contributed by atoms with van der Waals surface area (Å²) < 4.78 is 0. The van der Waals surface area contributed by atoms with E-state index in [9.17, 15) is 4.79 Å². The third-order valence-corrected chi connectivity index (χ3v) is 4.39. The molecule has 86 valence electrons. The lowest BCUT2D eigenvalue weighted by atomic mass is 9.90. The van der Waals surface area contributed by atoms with E-state index in [2.05, 4.69) is 32.9 Å². The molecule has 0 aliphatic carbocycles. The van der Waals surface area contributed by atoms with Crippen LogP contribution in [0.15, 0.2) is 12.1 Å². The van der Waals surface area contributed by atoms with Gasteiger partial charge in [0.1, 0.15) is 0 Å². The normalized spacial score (nSPS) is 20.1. The van der Waals surface area contributed by atoms with Crippen LogP contribution < -0.4 is 0 Å². The molecule has 2 rings (SSSR count). The molecule has 1 aliphatic heterocycles. The highest BCUT2D eigenvalue weighted by Crippen LogP contribution is 2.29. The first-order valence-electron chi connectivity index (χ1n) is 5.79. The molecule has 1 saturated heterocycles. The molecule has 1 nitrogen and oxygen atoms in total. The fourth-order valence-electron chi connectivity index (χ4n) is 2.51. The maximum absolute atomic E-state index is 12.4. The Hall–Kier alpha value is -0.760. The van der Waals surface area contributed by atoms with Crippen molar-refractivity contribution >= 4 is 17.5 Å². The number of carbonyl (C=O) groups is 1. The largest absolute Gasteiger partial charge is 0.294 e. The third-order valence-electron chi connectivity index (χ3n) is 3.22. The number of rotatable bonds is 2. The van der Waals surface area contributed by atoms with Gasteiger partial charge in [-0.15, -0.1) is 0 Å². The van der Waals surface area contributed by atoms with Gasteiger partial charge in [-0.3, -0.25) is 4.79 Å². The summed E-state index contributed by atoms with van der Waals surface area (Å²) in [6, 6.07) is 4.23. The second-order valence-corrected chi connectivity index (χ2v) is 5.85. The summed E-state index contributed by atoms with van der Waals surface area (Å²) in [4.78, 5) is 12.4. The molecule has 0 aromatic heterocycles. The zero-order chi connectivity index (χ0) is 11.7. The highest BCUT2D eigenvalue weighted by Gasteiger charge is 2.26. The van der Waals surface area contributed by atoms with Gasteiger partial charge in [0.25, 0.3) is 0 Å². The highest BCUT2D eigenvalue weighted by molar-refractivity contribution is 7.99. The van der Waals surface area contributed by atoms with E-state index in [0.717, 1.165) is 34.6 Å². The number of aryl methyl sites for hydroxylation is 3. The molecule has 0 amide bonds. The summed E-state index contributed by atoms with van der Waals surface area (Å²) in [5, 5.41) is 0. The number of ketones is 1. The second-order valence-electron chi connectivity index (χ2n) is 4.70. The minimum Gasteiger partial charge on any atom is -0.294 e. The molecule has 0 bridgehead atoms. The lowest BCUT2D eigenvalue weighted by Gasteiger charge is -2.13. The average molecular weight is 234 g/mol. The quantitative estimate of drug-likeness (QED) is 0.728. The van der Waals surface area contributed by atoms with Gasteiger partial charge < -0.3 is 0 Å². The monoisotopic (exact) mass is 234 g/mol. The molecular formula is C14H18OS. The number of benzene rings is 1. The zero-order valence-electron chi connectivity index (χ0n) is 10.2. The lowest BCUT2D eigenvalue weighted by Crippen LogP contribution is -2.16. The SMILES string of the molecule is Cc1cc(C)c(C(=O)C2CCSC2)c(C)c1. The molecule has 1 aliphatic rings. The molecule has 1 unspecified atom stereocenters. The van der Waals surface area contributed by atoms with Crippen LogP contribution in [-0.4, -0.2) is 17.3 Å². The van der Waals surface area contributed by atoms with Crippen molar-refractivity contribution in [3.8, 4) is 0 Å². The Labute approximate surface area is 102 Å². The van der Waals surface area contributed by atoms with E-state index in [-0.39, 0.29) is 5.92 Å². The minimum absolute atomic E-state index is 0.255. The summed E-state index contributed by atoms with van der Waals surface area (Å²) in [5.74, 6) is 2.76. The number of hydrogen-bond donors (Lipinski definition) is 0. The Morgan fingerprint density at radius 1 is 1.25 bits per heavy atom. The second kappa shape index (κ2) is 4.62. The first-order chi connectivity index (χ1) is 7.59.